The smallest absolute Gasteiger partial charge is 0.0192 e. The van der Waals surface area contributed by atoms with E-state index in [1.54, 1.807) is 0 Å². The molecule has 1 aromatic heterocycles. The molecular weight excluding hydrogens is 204 g/mol. The van der Waals surface area contributed by atoms with Gasteiger partial charge in [0, 0.05) is 23.5 Å². The quantitative estimate of drug-likeness (QED) is 0.800. The number of hydrogen-bond acceptors (Lipinski definition) is 3. The molecule has 0 saturated heterocycles. The highest BCUT2D eigenvalue weighted by Gasteiger charge is 2.15. The van der Waals surface area contributed by atoms with Crippen LogP contribution in [-0.4, -0.2) is 37.6 Å². The number of nitrogens with zero attached hydrogens (tertiary/aromatic N) is 1. The summed E-state index contributed by atoms with van der Waals surface area (Å²) in [5, 5.41) is 5.37. The molecule has 0 saturated carbocycles. The molecule has 0 aliphatic heterocycles. The summed E-state index contributed by atoms with van der Waals surface area (Å²) in [4.78, 5) is 3.92. The van der Waals surface area contributed by atoms with E-state index in [2.05, 4.69) is 48.6 Å². The highest BCUT2D eigenvalue weighted by Crippen LogP contribution is 2.14. The topological polar surface area (TPSA) is 15.3 Å². The first-order valence-corrected chi connectivity index (χ1v) is 6.42. The zero-order chi connectivity index (χ0) is 11.3. The zero-order valence-corrected chi connectivity index (χ0v) is 11.0. The Morgan fingerprint density at radius 3 is 2.67 bits per heavy atom. The van der Waals surface area contributed by atoms with E-state index in [0.29, 0.717) is 12.1 Å². The summed E-state index contributed by atoms with van der Waals surface area (Å²) in [6.07, 6.45) is 1.15. The maximum atomic E-state index is 3.22. The van der Waals surface area contributed by atoms with Gasteiger partial charge in [-0.1, -0.05) is 6.07 Å². The fraction of sp³-hybridized carbons (Fsp3) is 0.667. The van der Waals surface area contributed by atoms with Gasteiger partial charge in [0.15, 0.2) is 0 Å². The van der Waals surface area contributed by atoms with Crippen LogP contribution < -0.4 is 5.32 Å². The minimum atomic E-state index is 0.588. The average molecular weight is 226 g/mol. The van der Waals surface area contributed by atoms with Crippen molar-refractivity contribution in [2.75, 3.05) is 20.6 Å². The van der Waals surface area contributed by atoms with E-state index in [1.165, 1.54) is 4.88 Å². The highest BCUT2D eigenvalue weighted by atomic mass is 32.1. The Hall–Kier alpha value is -0.380. The fourth-order valence-corrected chi connectivity index (χ4v) is 2.56. The molecule has 2 unspecified atom stereocenters. The van der Waals surface area contributed by atoms with Crippen molar-refractivity contribution in [2.45, 2.75) is 32.4 Å². The van der Waals surface area contributed by atoms with E-state index in [-0.39, 0.29) is 0 Å². The molecule has 3 heteroatoms. The molecule has 0 radical (unpaired) electrons. The molecule has 2 atom stereocenters. The van der Waals surface area contributed by atoms with Gasteiger partial charge in [-0.05, 0) is 45.8 Å². The molecule has 2 nitrogen and oxygen atoms in total. The second-order valence-electron chi connectivity index (χ2n) is 4.20. The number of hydrogen-bond donors (Lipinski definition) is 1. The molecule has 0 aliphatic rings. The summed E-state index contributed by atoms with van der Waals surface area (Å²) in [6, 6.07) is 5.54. The summed E-state index contributed by atoms with van der Waals surface area (Å²) in [5.74, 6) is 0. The Balaban J connectivity index is 2.42. The standard InChI is InChI=1S/C12H22N2S/c1-10(8-12-6-5-7-15-12)14(4)11(2)9-13-3/h5-7,10-11,13H,8-9H2,1-4H3. The van der Waals surface area contributed by atoms with Crippen LogP contribution in [0, 0.1) is 0 Å². The lowest BCUT2D eigenvalue weighted by Gasteiger charge is -2.30. The van der Waals surface area contributed by atoms with Crippen molar-refractivity contribution in [1.29, 1.82) is 0 Å². The van der Waals surface area contributed by atoms with Gasteiger partial charge in [-0.25, -0.2) is 0 Å². The van der Waals surface area contributed by atoms with Crippen LogP contribution in [-0.2, 0) is 6.42 Å². The predicted octanol–water partition coefficient (Wildman–Crippen LogP) is 2.22. The lowest BCUT2D eigenvalue weighted by molar-refractivity contribution is 0.193. The molecule has 0 spiro atoms. The van der Waals surface area contributed by atoms with Crippen LogP contribution in [0.1, 0.15) is 18.7 Å². The van der Waals surface area contributed by atoms with Gasteiger partial charge in [-0.2, -0.15) is 0 Å². The van der Waals surface area contributed by atoms with Gasteiger partial charge < -0.3 is 5.32 Å². The molecule has 1 rings (SSSR count). The van der Waals surface area contributed by atoms with Gasteiger partial charge in [0.25, 0.3) is 0 Å². The van der Waals surface area contributed by atoms with Crippen molar-refractivity contribution in [2.24, 2.45) is 0 Å². The molecule has 86 valence electrons. The van der Waals surface area contributed by atoms with Crippen molar-refractivity contribution in [3.63, 3.8) is 0 Å². The van der Waals surface area contributed by atoms with Crippen molar-refractivity contribution in [1.82, 2.24) is 10.2 Å². The Bertz CT molecular complexity index is 259. The maximum absolute atomic E-state index is 3.22. The van der Waals surface area contributed by atoms with Crippen molar-refractivity contribution >= 4 is 11.3 Å². The number of likely N-dealkylation sites (N-methyl/N-ethyl adjacent to an activating group) is 2. The normalized spacial score (nSPS) is 15.5. The van der Waals surface area contributed by atoms with Crippen LogP contribution in [0.3, 0.4) is 0 Å². The molecule has 0 amide bonds. The van der Waals surface area contributed by atoms with E-state index in [9.17, 15) is 0 Å². The minimum Gasteiger partial charge on any atom is -0.318 e. The number of thiophene rings is 1. The number of rotatable bonds is 6. The summed E-state index contributed by atoms with van der Waals surface area (Å²) in [7, 11) is 4.22. The van der Waals surface area contributed by atoms with E-state index < -0.39 is 0 Å². The Kier molecular flexibility index (Phi) is 5.29. The molecule has 0 aliphatic carbocycles. The Morgan fingerprint density at radius 2 is 2.13 bits per heavy atom. The lowest BCUT2D eigenvalue weighted by atomic mass is 10.1. The van der Waals surface area contributed by atoms with Gasteiger partial charge in [0.05, 0.1) is 0 Å². The van der Waals surface area contributed by atoms with Gasteiger partial charge >= 0.3 is 0 Å². The first kappa shape index (κ1) is 12.7. The zero-order valence-electron chi connectivity index (χ0n) is 10.2. The molecule has 0 bridgehead atoms. The lowest BCUT2D eigenvalue weighted by Crippen LogP contribution is -2.42. The largest absolute Gasteiger partial charge is 0.318 e. The van der Waals surface area contributed by atoms with Crippen molar-refractivity contribution < 1.29 is 0 Å². The maximum Gasteiger partial charge on any atom is 0.0192 e. The van der Waals surface area contributed by atoms with Crippen LogP contribution in [0.5, 0.6) is 0 Å². The predicted molar refractivity (Wildman–Crippen MR) is 68.6 cm³/mol. The van der Waals surface area contributed by atoms with Crippen molar-refractivity contribution in [3.05, 3.63) is 22.4 Å². The first-order chi connectivity index (χ1) is 7.15. The summed E-state index contributed by atoms with van der Waals surface area (Å²) in [5.41, 5.74) is 0. The van der Waals surface area contributed by atoms with E-state index >= 15 is 0 Å². The SMILES string of the molecule is CNCC(C)N(C)C(C)Cc1cccs1. The van der Waals surface area contributed by atoms with Gasteiger partial charge in [-0.15, -0.1) is 11.3 Å². The van der Waals surface area contributed by atoms with Gasteiger partial charge in [0.1, 0.15) is 0 Å². The van der Waals surface area contributed by atoms with E-state index in [1.807, 2.05) is 18.4 Å². The molecule has 1 N–H and O–H groups in total. The second kappa shape index (κ2) is 6.26. The van der Waals surface area contributed by atoms with Crippen LogP contribution in [0.15, 0.2) is 17.5 Å². The van der Waals surface area contributed by atoms with E-state index in [0.717, 1.165) is 13.0 Å². The summed E-state index contributed by atoms with van der Waals surface area (Å²) in [6.45, 7) is 5.61. The van der Waals surface area contributed by atoms with Crippen LogP contribution in [0.2, 0.25) is 0 Å². The van der Waals surface area contributed by atoms with Gasteiger partial charge in [-0.3, -0.25) is 4.90 Å². The molecular formula is C12H22N2S. The average Bonchev–Trinajstić information content (AvgIpc) is 2.69. The van der Waals surface area contributed by atoms with Crippen LogP contribution in [0.25, 0.3) is 0 Å². The molecule has 15 heavy (non-hydrogen) atoms. The van der Waals surface area contributed by atoms with Crippen LogP contribution in [0.4, 0.5) is 0 Å². The third-order valence-electron chi connectivity index (χ3n) is 2.97. The Morgan fingerprint density at radius 1 is 1.40 bits per heavy atom. The third kappa shape index (κ3) is 3.93. The van der Waals surface area contributed by atoms with Crippen molar-refractivity contribution in [3.8, 4) is 0 Å². The Labute approximate surface area is 97.3 Å². The van der Waals surface area contributed by atoms with E-state index in [4.69, 9.17) is 0 Å². The molecule has 1 aromatic rings. The second-order valence-corrected chi connectivity index (χ2v) is 5.24. The van der Waals surface area contributed by atoms with Gasteiger partial charge in [0.2, 0.25) is 0 Å². The van der Waals surface area contributed by atoms with Crippen LogP contribution >= 0.6 is 11.3 Å². The monoisotopic (exact) mass is 226 g/mol. The number of nitrogens with one attached hydrogen (secondary N) is 1. The summed E-state index contributed by atoms with van der Waals surface area (Å²) >= 11 is 1.85. The fourth-order valence-electron chi connectivity index (χ4n) is 1.74. The molecule has 0 aromatic carbocycles. The minimum absolute atomic E-state index is 0.588. The first-order valence-electron chi connectivity index (χ1n) is 5.54. The molecule has 0 fully saturated rings. The third-order valence-corrected chi connectivity index (χ3v) is 3.87. The molecule has 1 heterocycles. The summed E-state index contributed by atoms with van der Waals surface area (Å²) < 4.78 is 0. The highest BCUT2D eigenvalue weighted by molar-refractivity contribution is 7.09.